The molecule has 0 unspecified atom stereocenters. The van der Waals surface area contributed by atoms with E-state index in [4.69, 9.17) is 0 Å². The molecule has 0 spiro atoms. The molecule has 1 aromatic carbocycles. The first kappa shape index (κ1) is 10.6. The fourth-order valence-electron chi connectivity index (χ4n) is 1.29. The van der Waals surface area contributed by atoms with Crippen molar-refractivity contribution >= 4 is 12.1 Å². The molecule has 0 saturated heterocycles. The second-order valence-corrected chi connectivity index (χ2v) is 3.62. The first-order valence-corrected chi connectivity index (χ1v) is 4.71. The van der Waals surface area contributed by atoms with Crippen LogP contribution in [0, 0.1) is 6.92 Å². The quantitative estimate of drug-likeness (QED) is 0.567. The molecule has 0 aliphatic heterocycles. The SMILES string of the molecule is Cc1cc(C(C)C)ccc1NNC=O. The lowest BCUT2D eigenvalue weighted by Crippen LogP contribution is -2.19. The maximum atomic E-state index is 10.1. The molecule has 0 aliphatic rings. The van der Waals surface area contributed by atoms with Gasteiger partial charge in [-0.1, -0.05) is 26.0 Å². The number of hydrazine groups is 1. The van der Waals surface area contributed by atoms with E-state index in [1.165, 1.54) is 5.56 Å². The largest absolute Gasteiger partial charge is 0.299 e. The highest BCUT2D eigenvalue weighted by molar-refractivity contribution is 5.57. The van der Waals surface area contributed by atoms with Crippen LogP contribution in [0.1, 0.15) is 30.9 Å². The number of carbonyl (C=O) groups excluding carboxylic acids is 1. The predicted molar refractivity (Wildman–Crippen MR) is 58.1 cm³/mol. The Labute approximate surface area is 84.5 Å². The molecule has 0 heterocycles. The highest BCUT2D eigenvalue weighted by atomic mass is 16.1. The molecule has 0 radical (unpaired) electrons. The van der Waals surface area contributed by atoms with Crippen molar-refractivity contribution in [1.29, 1.82) is 0 Å². The van der Waals surface area contributed by atoms with E-state index in [-0.39, 0.29) is 0 Å². The molecule has 14 heavy (non-hydrogen) atoms. The molecule has 0 fully saturated rings. The van der Waals surface area contributed by atoms with Gasteiger partial charge in [-0.3, -0.25) is 15.6 Å². The molecule has 0 atom stereocenters. The van der Waals surface area contributed by atoms with E-state index < -0.39 is 0 Å². The summed E-state index contributed by atoms with van der Waals surface area (Å²) in [6, 6.07) is 6.16. The van der Waals surface area contributed by atoms with Gasteiger partial charge in [-0.05, 0) is 30.0 Å². The van der Waals surface area contributed by atoms with Crippen molar-refractivity contribution in [3.63, 3.8) is 0 Å². The molecule has 1 aromatic rings. The number of hydrogen-bond acceptors (Lipinski definition) is 2. The van der Waals surface area contributed by atoms with E-state index in [2.05, 4.69) is 36.8 Å². The molecule has 0 bridgehead atoms. The lowest BCUT2D eigenvalue weighted by Gasteiger charge is -2.11. The number of anilines is 1. The average Bonchev–Trinajstić information content (AvgIpc) is 2.15. The lowest BCUT2D eigenvalue weighted by molar-refractivity contribution is -0.109. The summed E-state index contributed by atoms with van der Waals surface area (Å²) in [5.74, 6) is 0.529. The number of rotatable bonds is 4. The number of benzene rings is 1. The summed E-state index contributed by atoms with van der Waals surface area (Å²) in [7, 11) is 0. The van der Waals surface area contributed by atoms with E-state index in [9.17, 15) is 4.79 Å². The Balaban J connectivity index is 2.84. The third kappa shape index (κ3) is 2.49. The Morgan fingerprint density at radius 2 is 2.07 bits per heavy atom. The summed E-state index contributed by atoms with van der Waals surface area (Å²) < 4.78 is 0. The van der Waals surface area contributed by atoms with E-state index in [1.807, 2.05) is 13.0 Å². The standard InChI is InChI=1S/C11H16N2O/c1-8(2)10-4-5-11(9(3)6-10)13-12-7-14/h4-8,13H,1-3H3,(H,12,14). The van der Waals surface area contributed by atoms with Crippen LogP contribution in [0.5, 0.6) is 0 Å². The minimum atomic E-state index is 0.529. The van der Waals surface area contributed by atoms with Crippen molar-refractivity contribution in [2.24, 2.45) is 0 Å². The van der Waals surface area contributed by atoms with Crippen LogP contribution in [0.3, 0.4) is 0 Å². The Bertz CT molecular complexity index is 321. The first-order valence-electron chi connectivity index (χ1n) is 4.71. The van der Waals surface area contributed by atoms with Gasteiger partial charge in [0.1, 0.15) is 0 Å². The van der Waals surface area contributed by atoms with Gasteiger partial charge in [0, 0.05) is 0 Å². The van der Waals surface area contributed by atoms with Crippen LogP contribution in [-0.2, 0) is 4.79 Å². The predicted octanol–water partition coefficient (Wildman–Crippen LogP) is 2.19. The van der Waals surface area contributed by atoms with Crippen LogP contribution in [0.25, 0.3) is 0 Å². The Hall–Kier alpha value is -1.51. The maximum absolute atomic E-state index is 10.1. The summed E-state index contributed by atoms with van der Waals surface area (Å²) in [5.41, 5.74) is 8.60. The summed E-state index contributed by atoms with van der Waals surface area (Å²) >= 11 is 0. The molecule has 2 N–H and O–H groups in total. The van der Waals surface area contributed by atoms with Crippen molar-refractivity contribution < 1.29 is 4.79 Å². The minimum absolute atomic E-state index is 0.529. The van der Waals surface area contributed by atoms with Crippen LogP contribution in [0.15, 0.2) is 18.2 Å². The third-order valence-electron chi connectivity index (χ3n) is 2.18. The van der Waals surface area contributed by atoms with Crippen molar-refractivity contribution in [3.05, 3.63) is 29.3 Å². The molecule has 3 nitrogen and oxygen atoms in total. The van der Waals surface area contributed by atoms with Crippen LogP contribution >= 0.6 is 0 Å². The molecular weight excluding hydrogens is 176 g/mol. The number of nitrogens with one attached hydrogen (secondary N) is 2. The molecule has 0 saturated carbocycles. The van der Waals surface area contributed by atoms with Crippen molar-refractivity contribution in [1.82, 2.24) is 5.43 Å². The Morgan fingerprint density at radius 1 is 1.36 bits per heavy atom. The second-order valence-electron chi connectivity index (χ2n) is 3.62. The zero-order valence-electron chi connectivity index (χ0n) is 8.79. The van der Waals surface area contributed by atoms with Crippen LogP contribution in [0.4, 0.5) is 5.69 Å². The highest BCUT2D eigenvalue weighted by Gasteiger charge is 2.02. The molecule has 1 rings (SSSR count). The fourth-order valence-corrected chi connectivity index (χ4v) is 1.29. The summed E-state index contributed by atoms with van der Waals surface area (Å²) in [4.78, 5) is 10.1. The topological polar surface area (TPSA) is 41.1 Å². The monoisotopic (exact) mass is 192 g/mol. The number of hydrogen-bond donors (Lipinski definition) is 2. The van der Waals surface area contributed by atoms with Gasteiger partial charge in [-0.25, -0.2) is 0 Å². The Kier molecular flexibility index (Phi) is 3.51. The van der Waals surface area contributed by atoms with Crippen molar-refractivity contribution in [3.8, 4) is 0 Å². The zero-order chi connectivity index (χ0) is 10.6. The van der Waals surface area contributed by atoms with Gasteiger partial charge in [0.15, 0.2) is 0 Å². The summed E-state index contributed by atoms with van der Waals surface area (Å²) in [6.07, 6.45) is 0.621. The summed E-state index contributed by atoms with van der Waals surface area (Å²) in [5, 5.41) is 0. The fraction of sp³-hybridized carbons (Fsp3) is 0.364. The molecule has 76 valence electrons. The van der Waals surface area contributed by atoms with Crippen LogP contribution in [-0.4, -0.2) is 6.41 Å². The van der Waals surface area contributed by atoms with E-state index in [1.54, 1.807) is 0 Å². The lowest BCUT2D eigenvalue weighted by atomic mass is 10.0. The van der Waals surface area contributed by atoms with E-state index in [0.717, 1.165) is 11.3 Å². The first-order chi connectivity index (χ1) is 6.65. The highest BCUT2D eigenvalue weighted by Crippen LogP contribution is 2.20. The van der Waals surface area contributed by atoms with Gasteiger partial charge in [0.2, 0.25) is 6.41 Å². The van der Waals surface area contributed by atoms with Crippen molar-refractivity contribution in [2.75, 3.05) is 5.43 Å². The van der Waals surface area contributed by atoms with Gasteiger partial charge in [-0.2, -0.15) is 0 Å². The maximum Gasteiger partial charge on any atom is 0.225 e. The molecule has 1 amide bonds. The van der Waals surface area contributed by atoms with Gasteiger partial charge >= 0.3 is 0 Å². The van der Waals surface area contributed by atoms with Gasteiger partial charge < -0.3 is 0 Å². The van der Waals surface area contributed by atoms with Gasteiger partial charge in [0.05, 0.1) is 5.69 Å². The second kappa shape index (κ2) is 4.65. The van der Waals surface area contributed by atoms with Crippen LogP contribution in [0.2, 0.25) is 0 Å². The van der Waals surface area contributed by atoms with Gasteiger partial charge in [0.25, 0.3) is 0 Å². The third-order valence-corrected chi connectivity index (χ3v) is 2.18. The van der Waals surface area contributed by atoms with E-state index in [0.29, 0.717) is 12.3 Å². The zero-order valence-corrected chi connectivity index (χ0v) is 8.79. The number of aryl methyl sites for hydroxylation is 1. The van der Waals surface area contributed by atoms with Crippen LogP contribution < -0.4 is 10.9 Å². The van der Waals surface area contributed by atoms with Gasteiger partial charge in [-0.15, -0.1) is 0 Å². The normalized spacial score (nSPS) is 10.0. The molecule has 0 aromatic heterocycles. The summed E-state index contributed by atoms with van der Waals surface area (Å²) in [6.45, 7) is 6.33. The molecule has 3 heteroatoms. The number of carbonyl (C=O) groups is 1. The average molecular weight is 192 g/mol. The minimum Gasteiger partial charge on any atom is -0.299 e. The molecular formula is C11H16N2O. The smallest absolute Gasteiger partial charge is 0.225 e. The number of amides is 1. The van der Waals surface area contributed by atoms with Crippen molar-refractivity contribution in [2.45, 2.75) is 26.7 Å². The molecule has 0 aliphatic carbocycles. The van der Waals surface area contributed by atoms with E-state index >= 15 is 0 Å². The Morgan fingerprint density at radius 3 is 2.57 bits per heavy atom.